The quantitative estimate of drug-likeness (QED) is 0.484. The molecular formula is C19H13F5N2O. The number of hydrogen-bond donors (Lipinski definition) is 1. The van der Waals surface area contributed by atoms with Crippen LogP contribution in [0.4, 0.5) is 27.6 Å². The second-order valence-electron chi connectivity index (χ2n) is 5.85. The number of benzene rings is 2. The van der Waals surface area contributed by atoms with Crippen LogP contribution < -0.4 is 5.32 Å². The normalized spacial score (nSPS) is 11.1. The molecule has 0 unspecified atom stereocenters. The number of rotatable bonds is 4. The number of anilines is 1. The lowest BCUT2D eigenvalue weighted by Crippen LogP contribution is -2.14. The molecule has 3 aromatic rings. The lowest BCUT2D eigenvalue weighted by Gasteiger charge is -2.12. The molecule has 8 heteroatoms. The number of hydrogen-bond acceptors (Lipinski definition) is 1. The summed E-state index contributed by atoms with van der Waals surface area (Å²) in [5.74, 6) is -5.17. The second-order valence-corrected chi connectivity index (χ2v) is 5.85. The summed E-state index contributed by atoms with van der Waals surface area (Å²) in [5, 5.41) is 2.46. The van der Waals surface area contributed by atoms with E-state index >= 15 is 0 Å². The van der Waals surface area contributed by atoms with Crippen LogP contribution in [0.2, 0.25) is 0 Å². The van der Waals surface area contributed by atoms with Gasteiger partial charge >= 0.3 is 0 Å². The van der Waals surface area contributed by atoms with E-state index in [0.29, 0.717) is 0 Å². The van der Waals surface area contributed by atoms with Gasteiger partial charge in [0.25, 0.3) is 12.3 Å². The zero-order valence-corrected chi connectivity index (χ0v) is 13.9. The van der Waals surface area contributed by atoms with E-state index in [0.717, 1.165) is 18.3 Å². The van der Waals surface area contributed by atoms with Crippen molar-refractivity contribution in [3.05, 3.63) is 77.4 Å². The number of alkyl halides is 2. The van der Waals surface area contributed by atoms with E-state index < -0.39 is 35.3 Å². The minimum Gasteiger partial charge on any atom is -0.356 e. The monoisotopic (exact) mass is 380 g/mol. The van der Waals surface area contributed by atoms with Crippen LogP contribution in [0.1, 0.15) is 22.3 Å². The van der Waals surface area contributed by atoms with Crippen molar-refractivity contribution < 1.29 is 26.7 Å². The molecule has 1 heterocycles. The van der Waals surface area contributed by atoms with E-state index in [-0.39, 0.29) is 22.4 Å². The van der Waals surface area contributed by atoms with Crippen LogP contribution >= 0.6 is 0 Å². The Hall–Kier alpha value is -3.16. The summed E-state index contributed by atoms with van der Waals surface area (Å²) >= 11 is 0. The molecule has 140 valence electrons. The number of para-hydroxylation sites is 1. The molecule has 1 amide bonds. The highest BCUT2D eigenvalue weighted by Crippen LogP contribution is 2.31. The molecule has 1 N–H and O–H groups in total. The molecule has 3 rings (SSSR count). The number of carbonyl (C=O) groups is 1. The van der Waals surface area contributed by atoms with E-state index in [1.807, 2.05) is 0 Å². The van der Waals surface area contributed by atoms with Crippen molar-refractivity contribution in [1.82, 2.24) is 4.57 Å². The van der Waals surface area contributed by atoms with Crippen LogP contribution in [0.5, 0.6) is 0 Å². The van der Waals surface area contributed by atoms with Gasteiger partial charge in [-0.05, 0) is 23.8 Å². The van der Waals surface area contributed by atoms with Gasteiger partial charge in [-0.3, -0.25) is 4.79 Å². The summed E-state index contributed by atoms with van der Waals surface area (Å²) in [6.45, 7) is 0. The van der Waals surface area contributed by atoms with Crippen LogP contribution in [-0.4, -0.2) is 10.5 Å². The number of amides is 1. The highest BCUT2D eigenvalue weighted by molar-refractivity contribution is 6.07. The van der Waals surface area contributed by atoms with Crippen LogP contribution in [0.3, 0.4) is 0 Å². The molecule has 27 heavy (non-hydrogen) atoms. The maximum absolute atomic E-state index is 13.5. The van der Waals surface area contributed by atoms with Gasteiger partial charge in [-0.2, -0.15) is 0 Å². The van der Waals surface area contributed by atoms with Crippen LogP contribution in [0.25, 0.3) is 11.1 Å². The van der Waals surface area contributed by atoms with Gasteiger partial charge in [-0.25, -0.2) is 22.0 Å². The van der Waals surface area contributed by atoms with Crippen molar-refractivity contribution in [3.8, 4) is 11.1 Å². The molecule has 0 aliphatic heterocycles. The molecule has 0 spiro atoms. The fourth-order valence-electron chi connectivity index (χ4n) is 2.71. The Morgan fingerprint density at radius 2 is 1.67 bits per heavy atom. The average molecular weight is 380 g/mol. The molecule has 0 aliphatic carbocycles. The molecule has 0 fully saturated rings. The largest absolute Gasteiger partial charge is 0.356 e. The van der Waals surface area contributed by atoms with Gasteiger partial charge in [0.2, 0.25) is 0 Å². The number of aromatic nitrogens is 1. The van der Waals surface area contributed by atoms with Gasteiger partial charge in [-0.15, -0.1) is 0 Å². The summed E-state index contributed by atoms with van der Waals surface area (Å²) in [5.41, 5.74) is -0.329. The molecular weight excluding hydrogens is 367 g/mol. The summed E-state index contributed by atoms with van der Waals surface area (Å²) in [6, 6.07) is 7.58. The van der Waals surface area contributed by atoms with Gasteiger partial charge in [0.15, 0.2) is 17.5 Å². The Bertz CT molecular complexity index is 990. The van der Waals surface area contributed by atoms with E-state index in [1.54, 1.807) is 12.1 Å². The molecule has 0 aliphatic rings. The van der Waals surface area contributed by atoms with Crippen molar-refractivity contribution in [2.45, 2.75) is 6.43 Å². The van der Waals surface area contributed by atoms with Crippen molar-refractivity contribution in [2.24, 2.45) is 7.05 Å². The lowest BCUT2D eigenvalue weighted by molar-refractivity contribution is 0.101. The molecule has 0 radical (unpaired) electrons. The molecule has 3 nitrogen and oxygen atoms in total. The maximum Gasteiger partial charge on any atom is 0.266 e. The Balaban J connectivity index is 1.99. The predicted molar refractivity (Wildman–Crippen MR) is 90.1 cm³/mol. The molecule has 2 aromatic carbocycles. The molecule has 0 saturated carbocycles. The first kappa shape index (κ1) is 18.6. The first-order valence-corrected chi connectivity index (χ1v) is 7.77. The van der Waals surface area contributed by atoms with Gasteiger partial charge < -0.3 is 9.88 Å². The fourth-order valence-corrected chi connectivity index (χ4v) is 2.71. The first-order chi connectivity index (χ1) is 12.8. The Kier molecular flexibility index (Phi) is 4.98. The molecule has 0 saturated heterocycles. The van der Waals surface area contributed by atoms with Gasteiger partial charge in [0.1, 0.15) is 0 Å². The third-order valence-electron chi connectivity index (χ3n) is 3.94. The van der Waals surface area contributed by atoms with E-state index in [4.69, 9.17) is 0 Å². The van der Waals surface area contributed by atoms with E-state index in [9.17, 15) is 26.7 Å². The van der Waals surface area contributed by atoms with Crippen LogP contribution in [0, 0.1) is 17.5 Å². The van der Waals surface area contributed by atoms with Gasteiger partial charge in [-0.1, -0.05) is 18.2 Å². The zero-order valence-electron chi connectivity index (χ0n) is 13.9. The number of nitrogens with one attached hydrogen (secondary N) is 1. The smallest absolute Gasteiger partial charge is 0.266 e. The van der Waals surface area contributed by atoms with Crippen molar-refractivity contribution in [2.75, 3.05) is 5.32 Å². The Morgan fingerprint density at radius 3 is 2.30 bits per heavy atom. The van der Waals surface area contributed by atoms with E-state index in [1.165, 1.54) is 29.9 Å². The maximum atomic E-state index is 13.5. The lowest BCUT2D eigenvalue weighted by atomic mass is 10.0. The number of aryl methyl sites for hydroxylation is 1. The first-order valence-electron chi connectivity index (χ1n) is 7.77. The predicted octanol–water partition coefficient (Wildman–Crippen LogP) is 5.30. The molecule has 0 bridgehead atoms. The van der Waals surface area contributed by atoms with E-state index in [2.05, 4.69) is 5.32 Å². The second kappa shape index (κ2) is 7.22. The van der Waals surface area contributed by atoms with Crippen LogP contribution in [0.15, 0.2) is 48.8 Å². The topological polar surface area (TPSA) is 34.0 Å². The van der Waals surface area contributed by atoms with Crippen molar-refractivity contribution in [3.63, 3.8) is 0 Å². The van der Waals surface area contributed by atoms with Crippen molar-refractivity contribution in [1.29, 1.82) is 0 Å². The standard InChI is InChI=1S/C19H13F5N2O/c1-26-8-12(18(23)24)13(9-26)19(27)25-16-5-3-2-4-11(16)10-6-14(20)17(22)15(21)7-10/h2-9,18H,1H3,(H,25,27). The number of carbonyl (C=O) groups excluding carboxylic acids is 1. The molecule has 1 aromatic heterocycles. The average Bonchev–Trinajstić information content (AvgIpc) is 3.02. The summed E-state index contributed by atoms with van der Waals surface area (Å²) in [4.78, 5) is 12.5. The third-order valence-corrected chi connectivity index (χ3v) is 3.94. The number of nitrogens with zero attached hydrogens (tertiary/aromatic N) is 1. The summed E-state index contributed by atoms with van der Waals surface area (Å²) in [7, 11) is 1.50. The SMILES string of the molecule is Cn1cc(C(=O)Nc2ccccc2-c2cc(F)c(F)c(F)c2)c(C(F)F)c1. The summed E-state index contributed by atoms with van der Waals surface area (Å²) < 4.78 is 67.8. The van der Waals surface area contributed by atoms with Crippen molar-refractivity contribution >= 4 is 11.6 Å². The molecule has 0 atom stereocenters. The fraction of sp³-hybridized carbons (Fsp3) is 0.105. The highest BCUT2D eigenvalue weighted by atomic mass is 19.3. The third kappa shape index (κ3) is 3.69. The van der Waals surface area contributed by atoms with Crippen LogP contribution in [-0.2, 0) is 7.05 Å². The van der Waals surface area contributed by atoms with Gasteiger partial charge in [0.05, 0.1) is 5.56 Å². The number of halogens is 5. The minimum absolute atomic E-state index is 0.00977. The summed E-state index contributed by atoms with van der Waals surface area (Å²) in [6.07, 6.45) is -0.463. The van der Waals surface area contributed by atoms with Gasteiger partial charge in [0, 0.05) is 36.3 Å². The minimum atomic E-state index is -2.84. The Morgan fingerprint density at radius 1 is 1.04 bits per heavy atom. The zero-order chi connectivity index (χ0) is 19.7. The highest BCUT2D eigenvalue weighted by Gasteiger charge is 2.22. The Labute approximate surface area is 151 Å².